The maximum Gasteiger partial charge on any atom is 0.191 e. The van der Waals surface area contributed by atoms with Crippen molar-refractivity contribution in [3.8, 4) is 0 Å². The standard InChI is InChI=1S/C17H29N5.HI/c1-13(2)21-17(18-4)20-12-15-5-6-16(19-11-15)22-9-7-14(3)8-10-22;/h5-6,11,13-14H,7-10,12H2,1-4H3,(H2,18,20,21);1H. The number of pyridine rings is 1. The van der Waals surface area contributed by atoms with Gasteiger partial charge in [-0.1, -0.05) is 13.0 Å². The molecule has 0 aliphatic carbocycles. The SMILES string of the molecule is CN=C(NCc1ccc(N2CCC(C)CC2)nc1)NC(C)C.I. The Morgan fingerprint density at radius 3 is 2.57 bits per heavy atom. The van der Waals surface area contributed by atoms with Gasteiger partial charge in [-0.15, -0.1) is 24.0 Å². The van der Waals surface area contributed by atoms with E-state index in [2.05, 4.69) is 58.4 Å². The monoisotopic (exact) mass is 431 g/mol. The van der Waals surface area contributed by atoms with Crippen molar-refractivity contribution >= 4 is 35.8 Å². The van der Waals surface area contributed by atoms with Gasteiger partial charge in [-0.25, -0.2) is 4.98 Å². The van der Waals surface area contributed by atoms with E-state index in [1.54, 1.807) is 7.05 Å². The summed E-state index contributed by atoms with van der Waals surface area (Å²) < 4.78 is 0. The number of guanidine groups is 1. The summed E-state index contributed by atoms with van der Waals surface area (Å²) in [7, 11) is 1.79. The zero-order valence-corrected chi connectivity index (χ0v) is 17.0. The van der Waals surface area contributed by atoms with E-state index in [1.807, 2.05) is 6.20 Å². The fourth-order valence-electron chi connectivity index (χ4n) is 2.60. The van der Waals surface area contributed by atoms with E-state index < -0.39 is 0 Å². The first-order valence-electron chi connectivity index (χ1n) is 8.25. The Morgan fingerprint density at radius 2 is 2.04 bits per heavy atom. The van der Waals surface area contributed by atoms with E-state index in [0.717, 1.165) is 37.3 Å². The number of aromatic nitrogens is 1. The Labute approximate surface area is 157 Å². The molecule has 0 amide bonds. The summed E-state index contributed by atoms with van der Waals surface area (Å²) in [6.07, 6.45) is 4.49. The molecule has 0 spiro atoms. The summed E-state index contributed by atoms with van der Waals surface area (Å²) in [5.74, 6) is 2.77. The molecule has 0 radical (unpaired) electrons. The lowest BCUT2D eigenvalue weighted by molar-refractivity contribution is 0.436. The summed E-state index contributed by atoms with van der Waals surface area (Å²) in [5, 5.41) is 6.58. The summed E-state index contributed by atoms with van der Waals surface area (Å²) in [6, 6.07) is 4.65. The number of halogens is 1. The topological polar surface area (TPSA) is 52.6 Å². The molecule has 5 nitrogen and oxygen atoms in total. The van der Waals surface area contributed by atoms with E-state index in [4.69, 9.17) is 0 Å². The third-order valence-electron chi connectivity index (χ3n) is 4.03. The summed E-state index contributed by atoms with van der Waals surface area (Å²) >= 11 is 0. The average molecular weight is 431 g/mol. The van der Waals surface area contributed by atoms with Crippen LogP contribution in [0.1, 0.15) is 39.2 Å². The van der Waals surface area contributed by atoms with Crippen LogP contribution in [-0.4, -0.2) is 37.1 Å². The first-order valence-corrected chi connectivity index (χ1v) is 8.25. The zero-order chi connectivity index (χ0) is 15.9. The molecule has 2 rings (SSSR count). The highest BCUT2D eigenvalue weighted by Crippen LogP contribution is 2.21. The van der Waals surface area contributed by atoms with Gasteiger partial charge in [0.25, 0.3) is 0 Å². The van der Waals surface area contributed by atoms with Gasteiger partial charge in [0.15, 0.2) is 5.96 Å². The highest BCUT2D eigenvalue weighted by atomic mass is 127. The van der Waals surface area contributed by atoms with Crippen LogP contribution in [0.15, 0.2) is 23.3 Å². The number of hydrogen-bond acceptors (Lipinski definition) is 3. The fourth-order valence-corrected chi connectivity index (χ4v) is 2.60. The van der Waals surface area contributed by atoms with Gasteiger partial charge in [0, 0.05) is 38.9 Å². The van der Waals surface area contributed by atoms with Gasteiger partial charge in [0.05, 0.1) is 0 Å². The van der Waals surface area contributed by atoms with Crippen LogP contribution < -0.4 is 15.5 Å². The van der Waals surface area contributed by atoms with Crippen LogP contribution in [0.2, 0.25) is 0 Å². The van der Waals surface area contributed by atoms with E-state index in [0.29, 0.717) is 6.04 Å². The molecule has 0 bridgehead atoms. The van der Waals surface area contributed by atoms with Gasteiger partial charge >= 0.3 is 0 Å². The molecule has 0 aromatic carbocycles. The van der Waals surface area contributed by atoms with Crippen LogP contribution in [0.3, 0.4) is 0 Å². The van der Waals surface area contributed by atoms with Gasteiger partial charge in [0.1, 0.15) is 5.82 Å². The van der Waals surface area contributed by atoms with Crippen LogP contribution in [0.4, 0.5) is 5.82 Å². The molecule has 1 fully saturated rings. The van der Waals surface area contributed by atoms with E-state index in [1.165, 1.54) is 18.4 Å². The van der Waals surface area contributed by atoms with Crippen molar-refractivity contribution in [1.29, 1.82) is 0 Å². The van der Waals surface area contributed by atoms with E-state index in [9.17, 15) is 0 Å². The van der Waals surface area contributed by atoms with Gasteiger partial charge < -0.3 is 15.5 Å². The van der Waals surface area contributed by atoms with Crippen LogP contribution in [-0.2, 0) is 6.54 Å². The predicted octanol–water partition coefficient (Wildman–Crippen LogP) is 3.01. The second-order valence-corrected chi connectivity index (χ2v) is 6.42. The summed E-state index contributed by atoms with van der Waals surface area (Å²) in [4.78, 5) is 11.2. The smallest absolute Gasteiger partial charge is 0.191 e. The number of anilines is 1. The minimum absolute atomic E-state index is 0. The Bertz CT molecular complexity index is 478. The quantitative estimate of drug-likeness (QED) is 0.437. The number of piperidine rings is 1. The number of rotatable bonds is 4. The number of hydrogen-bond donors (Lipinski definition) is 2. The molecule has 1 aliphatic heterocycles. The highest BCUT2D eigenvalue weighted by Gasteiger charge is 2.16. The minimum Gasteiger partial charge on any atom is -0.357 e. The van der Waals surface area contributed by atoms with Crippen molar-refractivity contribution in [3.05, 3.63) is 23.9 Å². The van der Waals surface area contributed by atoms with E-state index >= 15 is 0 Å². The molecular formula is C17H30IN5. The Hall–Kier alpha value is -1.05. The minimum atomic E-state index is 0. The Morgan fingerprint density at radius 1 is 1.35 bits per heavy atom. The first-order chi connectivity index (χ1) is 10.6. The maximum absolute atomic E-state index is 4.62. The van der Waals surface area contributed by atoms with Crippen LogP contribution in [0.5, 0.6) is 0 Å². The lowest BCUT2D eigenvalue weighted by Gasteiger charge is -2.31. The fraction of sp³-hybridized carbons (Fsp3) is 0.647. The van der Waals surface area contributed by atoms with Gasteiger partial charge in [-0.05, 0) is 44.2 Å². The van der Waals surface area contributed by atoms with E-state index in [-0.39, 0.29) is 24.0 Å². The number of aliphatic imine (C=N–C) groups is 1. The molecule has 0 unspecified atom stereocenters. The summed E-state index contributed by atoms with van der Waals surface area (Å²) in [6.45, 7) is 9.51. The van der Waals surface area contributed by atoms with Gasteiger partial charge in [-0.3, -0.25) is 4.99 Å². The van der Waals surface area contributed by atoms with Gasteiger partial charge in [0.2, 0.25) is 0 Å². The highest BCUT2D eigenvalue weighted by molar-refractivity contribution is 14.0. The normalized spacial score (nSPS) is 16.2. The third-order valence-corrected chi connectivity index (χ3v) is 4.03. The van der Waals surface area contributed by atoms with Crippen molar-refractivity contribution in [1.82, 2.24) is 15.6 Å². The maximum atomic E-state index is 4.62. The van der Waals surface area contributed by atoms with Crippen LogP contribution >= 0.6 is 24.0 Å². The summed E-state index contributed by atoms with van der Waals surface area (Å²) in [5.41, 5.74) is 1.17. The van der Waals surface area contributed by atoms with Gasteiger partial charge in [-0.2, -0.15) is 0 Å². The molecule has 1 aliphatic rings. The second-order valence-electron chi connectivity index (χ2n) is 6.42. The molecular weight excluding hydrogens is 401 g/mol. The largest absolute Gasteiger partial charge is 0.357 e. The van der Waals surface area contributed by atoms with Crippen molar-refractivity contribution in [2.75, 3.05) is 25.0 Å². The molecule has 0 atom stereocenters. The Kier molecular flexibility index (Phi) is 8.65. The lowest BCUT2D eigenvalue weighted by atomic mass is 9.99. The molecule has 1 aromatic heterocycles. The number of nitrogens with one attached hydrogen (secondary N) is 2. The lowest BCUT2D eigenvalue weighted by Crippen LogP contribution is -2.40. The average Bonchev–Trinajstić information content (AvgIpc) is 2.52. The van der Waals surface area contributed by atoms with Crippen molar-refractivity contribution in [2.45, 2.75) is 46.2 Å². The molecule has 6 heteroatoms. The zero-order valence-electron chi connectivity index (χ0n) is 14.7. The number of nitrogens with zero attached hydrogens (tertiary/aromatic N) is 3. The first kappa shape index (κ1) is 20.0. The third kappa shape index (κ3) is 6.53. The molecule has 130 valence electrons. The predicted molar refractivity (Wildman–Crippen MR) is 109 cm³/mol. The Balaban J connectivity index is 0.00000264. The molecule has 23 heavy (non-hydrogen) atoms. The van der Waals surface area contributed by atoms with Crippen LogP contribution in [0.25, 0.3) is 0 Å². The molecule has 0 saturated carbocycles. The van der Waals surface area contributed by atoms with Crippen LogP contribution in [0, 0.1) is 5.92 Å². The molecule has 2 N–H and O–H groups in total. The van der Waals surface area contributed by atoms with Crippen molar-refractivity contribution < 1.29 is 0 Å². The second kappa shape index (κ2) is 9.95. The molecule has 2 heterocycles. The molecule has 1 saturated heterocycles. The van der Waals surface area contributed by atoms with Crippen molar-refractivity contribution in [2.24, 2.45) is 10.9 Å². The van der Waals surface area contributed by atoms with Crippen molar-refractivity contribution in [3.63, 3.8) is 0 Å². The molecule has 1 aromatic rings.